The first kappa shape index (κ1) is 13.4. The maximum Gasteiger partial charge on any atom is 0.00646 e. The molecule has 2 aliphatic carbocycles. The minimum Gasteiger partial charge on any atom is -0.327 e. The normalized spacial score (nSPS) is 48.7. The molecule has 1 nitrogen and oxygen atoms in total. The second kappa shape index (κ2) is 5.73. The number of hydrogen-bond acceptors (Lipinski definition) is 1. The van der Waals surface area contributed by atoms with Gasteiger partial charge < -0.3 is 5.73 Å². The van der Waals surface area contributed by atoms with Gasteiger partial charge in [0.25, 0.3) is 0 Å². The van der Waals surface area contributed by atoms with Crippen LogP contribution in [-0.4, -0.2) is 6.04 Å². The molecule has 0 radical (unpaired) electrons. The van der Waals surface area contributed by atoms with Gasteiger partial charge in [-0.15, -0.1) is 0 Å². The lowest BCUT2D eigenvalue weighted by Crippen LogP contribution is -2.27. The van der Waals surface area contributed by atoms with Crippen LogP contribution in [0.3, 0.4) is 0 Å². The number of hydrogen-bond donors (Lipinski definition) is 1. The molecule has 0 bridgehead atoms. The molecule has 2 saturated carbocycles. The van der Waals surface area contributed by atoms with Crippen molar-refractivity contribution in [2.24, 2.45) is 35.3 Å². The summed E-state index contributed by atoms with van der Waals surface area (Å²) in [7, 11) is 0. The van der Waals surface area contributed by atoms with Gasteiger partial charge in [0.1, 0.15) is 0 Å². The van der Waals surface area contributed by atoms with Gasteiger partial charge in [-0.05, 0) is 68.1 Å². The van der Waals surface area contributed by atoms with Gasteiger partial charge in [-0.1, -0.05) is 27.2 Å². The molecule has 2 aliphatic rings. The Morgan fingerprint density at radius 1 is 0.647 bits per heavy atom. The summed E-state index contributed by atoms with van der Waals surface area (Å²) < 4.78 is 0. The van der Waals surface area contributed by atoms with Crippen molar-refractivity contribution in [2.45, 2.75) is 71.8 Å². The van der Waals surface area contributed by atoms with Crippen molar-refractivity contribution in [1.82, 2.24) is 0 Å². The van der Waals surface area contributed by atoms with E-state index in [1.54, 1.807) is 0 Å². The molecule has 0 aliphatic heterocycles. The van der Waals surface area contributed by atoms with Gasteiger partial charge in [0.2, 0.25) is 0 Å². The lowest BCUT2D eigenvalue weighted by molar-refractivity contribution is 0.145. The summed E-state index contributed by atoms with van der Waals surface area (Å²) in [6, 6.07) is 0.472. The van der Waals surface area contributed by atoms with Crippen LogP contribution in [0.1, 0.15) is 65.7 Å². The monoisotopic (exact) mass is 237 g/mol. The predicted molar refractivity (Wildman–Crippen MR) is 74.8 cm³/mol. The van der Waals surface area contributed by atoms with Gasteiger partial charge in [0, 0.05) is 6.04 Å². The van der Waals surface area contributed by atoms with Crippen LogP contribution >= 0.6 is 0 Å². The molecule has 6 atom stereocenters. The van der Waals surface area contributed by atoms with Crippen LogP contribution in [0.2, 0.25) is 0 Å². The van der Waals surface area contributed by atoms with E-state index in [-0.39, 0.29) is 0 Å². The fourth-order valence-electron chi connectivity index (χ4n) is 4.02. The number of rotatable bonds is 1. The van der Waals surface area contributed by atoms with E-state index < -0.39 is 0 Å². The van der Waals surface area contributed by atoms with Crippen LogP contribution in [0, 0.1) is 29.6 Å². The molecule has 0 spiro atoms. The summed E-state index contributed by atoms with van der Waals surface area (Å²) in [6.45, 7) is 7.24. The summed E-state index contributed by atoms with van der Waals surface area (Å²) in [5.41, 5.74) is 6.22. The topological polar surface area (TPSA) is 26.0 Å². The van der Waals surface area contributed by atoms with Gasteiger partial charge >= 0.3 is 0 Å². The Bertz CT molecular complexity index is 226. The largest absolute Gasteiger partial charge is 0.327 e. The molecule has 0 aromatic carbocycles. The Labute approximate surface area is 108 Å². The van der Waals surface area contributed by atoms with E-state index in [1.165, 1.54) is 44.9 Å². The van der Waals surface area contributed by atoms with E-state index in [1.807, 2.05) is 0 Å². The number of nitrogens with two attached hydrogens (primary N) is 1. The van der Waals surface area contributed by atoms with E-state index in [4.69, 9.17) is 5.73 Å². The minimum absolute atomic E-state index is 0.472. The maximum atomic E-state index is 6.22. The van der Waals surface area contributed by atoms with Gasteiger partial charge in [-0.2, -0.15) is 0 Å². The van der Waals surface area contributed by atoms with Crippen molar-refractivity contribution in [1.29, 1.82) is 0 Å². The van der Waals surface area contributed by atoms with Crippen molar-refractivity contribution in [3.8, 4) is 0 Å². The summed E-state index contributed by atoms with van der Waals surface area (Å²) in [5, 5.41) is 0. The van der Waals surface area contributed by atoms with E-state index in [2.05, 4.69) is 20.8 Å². The van der Waals surface area contributed by atoms with Crippen molar-refractivity contribution >= 4 is 0 Å². The zero-order valence-electron chi connectivity index (χ0n) is 12.0. The summed E-state index contributed by atoms with van der Waals surface area (Å²) in [5.74, 6) is 4.65. The molecule has 6 unspecified atom stereocenters. The molecule has 2 N–H and O–H groups in total. The molecule has 0 saturated heterocycles. The fourth-order valence-corrected chi connectivity index (χ4v) is 4.02. The third-order valence-corrected chi connectivity index (χ3v) is 5.90. The Morgan fingerprint density at radius 3 is 1.94 bits per heavy atom. The summed E-state index contributed by atoms with van der Waals surface area (Å²) in [6.07, 6.45) is 9.91. The highest BCUT2D eigenvalue weighted by molar-refractivity contribution is 4.84. The van der Waals surface area contributed by atoms with Gasteiger partial charge in [-0.3, -0.25) is 0 Å². The van der Waals surface area contributed by atoms with Gasteiger partial charge in [0.05, 0.1) is 0 Å². The van der Waals surface area contributed by atoms with Gasteiger partial charge in [0.15, 0.2) is 0 Å². The lowest BCUT2D eigenvalue weighted by Gasteiger charge is -2.36. The third-order valence-electron chi connectivity index (χ3n) is 5.90. The molecule has 17 heavy (non-hydrogen) atoms. The first-order valence-corrected chi connectivity index (χ1v) is 7.83. The second-order valence-corrected chi connectivity index (χ2v) is 7.08. The Morgan fingerprint density at radius 2 is 1.24 bits per heavy atom. The second-order valence-electron chi connectivity index (χ2n) is 7.08. The molecule has 2 rings (SSSR count). The molecule has 100 valence electrons. The maximum absolute atomic E-state index is 6.22. The van der Waals surface area contributed by atoms with Crippen molar-refractivity contribution in [3.05, 3.63) is 0 Å². The van der Waals surface area contributed by atoms with Crippen LogP contribution in [0.4, 0.5) is 0 Å². The third kappa shape index (κ3) is 3.24. The molecular weight excluding hydrogens is 206 g/mol. The predicted octanol–water partition coefficient (Wildman–Crippen LogP) is 4.21. The molecule has 0 amide bonds. The van der Waals surface area contributed by atoms with Crippen LogP contribution < -0.4 is 5.73 Å². The quantitative estimate of drug-likeness (QED) is 0.679. The fraction of sp³-hybridized carbons (Fsp3) is 1.00. The van der Waals surface area contributed by atoms with Crippen LogP contribution in [0.15, 0.2) is 0 Å². The average Bonchev–Trinajstić information content (AvgIpc) is 2.47. The van der Waals surface area contributed by atoms with Crippen LogP contribution in [-0.2, 0) is 0 Å². The van der Waals surface area contributed by atoms with E-state index in [0.717, 1.165) is 29.6 Å². The Kier molecular flexibility index (Phi) is 4.52. The van der Waals surface area contributed by atoms with E-state index >= 15 is 0 Å². The Balaban J connectivity index is 1.89. The zero-order valence-corrected chi connectivity index (χ0v) is 12.0. The molecule has 0 heterocycles. The van der Waals surface area contributed by atoms with Crippen molar-refractivity contribution < 1.29 is 0 Å². The van der Waals surface area contributed by atoms with Crippen molar-refractivity contribution in [2.75, 3.05) is 0 Å². The summed E-state index contributed by atoms with van der Waals surface area (Å²) >= 11 is 0. The van der Waals surface area contributed by atoms with Crippen LogP contribution in [0.25, 0.3) is 0 Å². The molecule has 0 aromatic rings. The standard InChI is InChI=1S/C16H31N/c1-11-4-7-15(10-13(11)3)14-6-5-12(2)16(17)9-8-14/h11-16H,4-10,17H2,1-3H3. The first-order chi connectivity index (χ1) is 8.08. The Hall–Kier alpha value is -0.0400. The molecule has 1 heteroatoms. The van der Waals surface area contributed by atoms with Gasteiger partial charge in [-0.25, -0.2) is 0 Å². The highest BCUT2D eigenvalue weighted by Crippen LogP contribution is 2.42. The first-order valence-electron chi connectivity index (χ1n) is 7.83. The van der Waals surface area contributed by atoms with E-state index in [9.17, 15) is 0 Å². The average molecular weight is 237 g/mol. The van der Waals surface area contributed by atoms with E-state index in [0.29, 0.717) is 6.04 Å². The molecular formula is C16H31N. The highest BCUT2D eigenvalue weighted by atomic mass is 14.6. The molecule has 2 fully saturated rings. The highest BCUT2D eigenvalue weighted by Gasteiger charge is 2.32. The molecule has 0 aromatic heterocycles. The summed E-state index contributed by atoms with van der Waals surface area (Å²) in [4.78, 5) is 0. The SMILES string of the molecule is CC1CCC(C2CCC(C)C(N)CC2)CC1C. The minimum atomic E-state index is 0.472. The lowest BCUT2D eigenvalue weighted by atomic mass is 9.69. The zero-order chi connectivity index (χ0) is 12.4. The smallest absolute Gasteiger partial charge is 0.00646 e. The van der Waals surface area contributed by atoms with Crippen molar-refractivity contribution in [3.63, 3.8) is 0 Å². The van der Waals surface area contributed by atoms with Crippen LogP contribution in [0.5, 0.6) is 0 Å².